The molecular formula is C17H24ClN3O2. The highest BCUT2D eigenvalue weighted by atomic mass is 35.5. The minimum atomic E-state index is -0.175. The number of carbonyl (C=O) groups excluding carboxylic acids is 2. The number of anilines is 1. The fraction of sp³-hybridized carbons (Fsp3) is 0.529. The second kappa shape index (κ2) is 7.21. The maximum Gasteiger partial charge on any atom is 0.318 e. The summed E-state index contributed by atoms with van der Waals surface area (Å²) in [6, 6.07) is 7.08. The number of urea groups is 1. The van der Waals surface area contributed by atoms with Gasteiger partial charge in [-0.15, -0.1) is 0 Å². The highest BCUT2D eigenvalue weighted by Crippen LogP contribution is 2.23. The molecule has 1 N–H and O–H groups in total. The van der Waals surface area contributed by atoms with Crippen LogP contribution in [0.5, 0.6) is 0 Å². The first kappa shape index (κ1) is 17.6. The van der Waals surface area contributed by atoms with Gasteiger partial charge in [-0.25, -0.2) is 4.79 Å². The Morgan fingerprint density at radius 3 is 2.30 bits per heavy atom. The van der Waals surface area contributed by atoms with E-state index in [1.807, 2.05) is 39.8 Å². The van der Waals surface area contributed by atoms with Gasteiger partial charge in [0.1, 0.15) is 0 Å². The fourth-order valence-electron chi connectivity index (χ4n) is 2.99. The van der Waals surface area contributed by atoms with E-state index in [9.17, 15) is 9.59 Å². The first-order valence-electron chi connectivity index (χ1n) is 7.94. The van der Waals surface area contributed by atoms with Crippen molar-refractivity contribution in [3.8, 4) is 0 Å². The Balaban J connectivity index is 2.02. The van der Waals surface area contributed by atoms with E-state index in [0.29, 0.717) is 18.0 Å². The van der Waals surface area contributed by atoms with Crippen molar-refractivity contribution in [3.63, 3.8) is 0 Å². The van der Waals surface area contributed by atoms with Gasteiger partial charge in [0, 0.05) is 35.8 Å². The van der Waals surface area contributed by atoms with Gasteiger partial charge in [0.05, 0.1) is 6.04 Å². The van der Waals surface area contributed by atoms with E-state index in [1.54, 1.807) is 21.9 Å². The number of benzene rings is 1. The predicted molar refractivity (Wildman–Crippen MR) is 92.9 cm³/mol. The lowest BCUT2D eigenvalue weighted by molar-refractivity contribution is -0.117. The van der Waals surface area contributed by atoms with Gasteiger partial charge >= 0.3 is 6.03 Å². The van der Waals surface area contributed by atoms with Crippen LogP contribution in [-0.2, 0) is 4.79 Å². The van der Waals surface area contributed by atoms with E-state index in [1.165, 1.54) is 0 Å². The van der Waals surface area contributed by atoms with Crippen LogP contribution in [0, 0.1) is 0 Å². The monoisotopic (exact) mass is 337 g/mol. The summed E-state index contributed by atoms with van der Waals surface area (Å²) < 4.78 is 0. The Bertz CT molecular complexity index is 564. The Hall–Kier alpha value is -1.75. The maximum atomic E-state index is 12.4. The van der Waals surface area contributed by atoms with Gasteiger partial charge in [-0.05, 0) is 52.0 Å². The van der Waals surface area contributed by atoms with E-state index < -0.39 is 0 Å². The third kappa shape index (κ3) is 4.16. The molecule has 1 aliphatic heterocycles. The quantitative estimate of drug-likeness (QED) is 0.916. The highest BCUT2D eigenvalue weighted by molar-refractivity contribution is 6.30. The summed E-state index contributed by atoms with van der Waals surface area (Å²) in [4.78, 5) is 28.1. The van der Waals surface area contributed by atoms with Crippen molar-refractivity contribution in [2.45, 2.75) is 52.2 Å². The standard InChI is InChI=1S/C17H24ClN3O2/c1-11(2)21(12(3)4)17(23)19-14-9-16(22)20(10-14)15-7-5-13(18)6-8-15/h5-8,11-12,14H,9-10H2,1-4H3,(H,19,23)/t14-/m1/s1. The minimum Gasteiger partial charge on any atom is -0.333 e. The highest BCUT2D eigenvalue weighted by Gasteiger charge is 2.33. The Kier molecular flexibility index (Phi) is 5.52. The topological polar surface area (TPSA) is 52.7 Å². The fourth-order valence-corrected chi connectivity index (χ4v) is 3.12. The molecule has 2 rings (SSSR count). The summed E-state index contributed by atoms with van der Waals surface area (Å²) in [5.41, 5.74) is 0.806. The molecule has 1 saturated heterocycles. The minimum absolute atomic E-state index is 0.0123. The molecule has 5 nitrogen and oxygen atoms in total. The van der Waals surface area contributed by atoms with E-state index in [0.717, 1.165) is 5.69 Å². The van der Waals surface area contributed by atoms with Gasteiger partial charge in [0.15, 0.2) is 0 Å². The molecule has 0 spiro atoms. The predicted octanol–water partition coefficient (Wildman–Crippen LogP) is 3.27. The van der Waals surface area contributed by atoms with E-state index in [-0.39, 0.29) is 30.1 Å². The molecule has 126 valence electrons. The summed E-state index contributed by atoms with van der Waals surface area (Å²) >= 11 is 5.88. The summed E-state index contributed by atoms with van der Waals surface area (Å²) in [7, 11) is 0. The normalized spacial score (nSPS) is 18.0. The number of nitrogens with zero attached hydrogens (tertiary/aromatic N) is 2. The molecule has 1 aliphatic rings. The number of amides is 3. The molecule has 23 heavy (non-hydrogen) atoms. The van der Waals surface area contributed by atoms with Gasteiger partial charge < -0.3 is 15.1 Å². The molecule has 0 radical (unpaired) electrons. The van der Waals surface area contributed by atoms with Crippen molar-refractivity contribution in [1.82, 2.24) is 10.2 Å². The van der Waals surface area contributed by atoms with Crippen LogP contribution >= 0.6 is 11.6 Å². The van der Waals surface area contributed by atoms with E-state index in [4.69, 9.17) is 11.6 Å². The molecule has 1 aromatic carbocycles. The molecule has 0 aromatic heterocycles. The van der Waals surface area contributed by atoms with E-state index >= 15 is 0 Å². The first-order chi connectivity index (χ1) is 10.8. The number of hydrogen-bond donors (Lipinski definition) is 1. The van der Waals surface area contributed by atoms with Gasteiger partial charge in [0.25, 0.3) is 0 Å². The third-order valence-corrected chi connectivity index (χ3v) is 4.19. The van der Waals surface area contributed by atoms with Crippen LogP contribution in [0.15, 0.2) is 24.3 Å². The molecule has 1 atom stereocenters. The summed E-state index contributed by atoms with van der Waals surface area (Å²) in [6.07, 6.45) is 0.318. The lowest BCUT2D eigenvalue weighted by Gasteiger charge is -2.32. The van der Waals surface area contributed by atoms with Crippen LogP contribution in [0.3, 0.4) is 0 Å². The average Bonchev–Trinajstić information content (AvgIpc) is 2.79. The van der Waals surface area contributed by atoms with Gasteiger partial charge in [-0.2, -0.15) is 0 Å². The molecule has 0 aliphatic carbocycles. The molecule has 1 aromatic rings. The summed E-state index contributed by atoms with van der Waals surface area (Å²) in [5.74, 6) is 0.0123. The first-order valence-corrected chi connectivity index (χ1v) is 8.32. The third-order valence-electron chi connectivity index (χ3n) is 3.94. The molecule has 0 bridgehead atoms. The van der Waals surface area contributed by atoms with Crippen LogP contribution in [-0.4, -0.2) is 41.5 Å². The van der Waals surface area contributed by atoms with Crippen LogP contribution in [0.2, 0.25) is 5.02 Å². The second-order valence-corrected chi connectivity index (χ2v) is 6.86. The smallest absolute Gasteiger partial charge is 0.318 e. The Morgan fingerprint density at radius 1 is 1.22 bits per heavy atom. The van der Waals surface area contributed by atoms with Gasteiger partial charge in [0.2, 0.25) is 5.91 Å². The summed E-state index contributed by atoms with van der Waals surface area (Å²) in [5, 5.41) is 3.62. The van der Waals surface area contributed by atoms with Crippen LogP contribution in [0.1, 0.15) is 34.1 Å². The zero-order valence-electron chi connectivity index (χ0n) is 14.0. The number of nitrogens with one attached hydrogen (secondary N) is 1. The molecule has 6 heteroatoms. The second-order valence-electron chi connectivity index (χ2n) is 6.43. The molecule has 0 saturated carbocycles. The SMILES string of the molecule is CC(C)N(C(=O)N[C@@H]1CC(=O)N(c2ccc(Cl)cc2)C1)C(C)C. The Morgan fingerprint density at radius 2 is 1.78 bits per heavy atom. The number of hydrogen-bond acceptors (Lipinski definition) is 2. The number of halogens is 1. The lowest BCUT2D eigenvalue weighted by Crippen LogP contribution is -2.51. The van der Waals surface area contributed by atoms with E-state index in [2.05, 4.69) is 5.32 Å². The average molecular weight is 338 g/mol. The van der Waals surface area contributed by atoms with Gasteiger partial charge in [-0.1, -0.05) is 11.6 Å². The largest absolute Gasteiger partial charge is 0.333 e. The van der Waals surface area contributed by atoms with Crippen LogP contribution in [0.4, 0.5) is 10.5 Å². The molecule has 1 fully saturated rings. The van der Waals surface area contributed by atoms with Crippen molar-refractivity contribution in [2.75, 3.05) is 11.4 Å². The Labute approximate surface area is 142 Å². The van der Waals surface area contributed by atoms with Crippen LogP contribution in [0.25, 0.3) is 0 Å². The molecule has 1 heterocycles. The number of rotatable bonds is 4. The number of carbonyl (C=O) groups is 2. The maximum absolute atomic E-state index is 12.4. The molecule has 3 amide bonds. The molecule has 0 unspecified atom stereocenters. The lowest BCUT2D eigenvalue weighted by atomic mass is 10.2. The van der Waals surface area contributed by atoms with Gasteiger partial charge in [-0.3, -0.25) is 4.79 Å². The zero-order chi connectivity index (χ0) is 17.1. The van der Waals surface area contributed by atoms with Crippen molar-refractivity contribution in [3.05, 3.63) is 29.3 Å². The summed E-state index contributed by atoms with van der Waals surface area (Å²) in [6.45, 7) is 8.42. The van der Waals surface area contributed by atoms with Crippen molar-refractivity contribution >= 4 is 29.2 Å². The van der Waals surface area contributed by atoms with Crippen molar-refractivity contribution in [2.24, 2.45) is 0 Å². The molecular weight excluding hydrogens is 314 g/mol. The zero-order valence-corrected chi connectivity index (χ0v) is 14.8. The van der Waals surface area contributed by atoms with Crippen molar-refractivity contribution < 1.29 is 9.59 Å². The van der Waals surface area contributed by atoms with Crippen molar-refractivity contribution in [1.29, 1.82) is 0 Å². The van der Waals surface area contributed by atoms with Crippen LogP contribution < -0.4 is 10.2 Å².